The van der Waals surface area contributed by atoms with E-state index in [0.717, 1.165) is 27.0 Å². The summed E-state index contributed by atoms with van der Waals surface area (Å²) in [5.41, 5.74) is 1.33. The van der Waals surface area contributed by atoms with Crippen molar-refractivity contribution >= 4 is 38.5 Å². The molecule has 1 aromatic carbocycles. The molecule has 1 aliphatic carbocycles. The zero-order chi connectivity index (χ0) is 13.3. The molecule has 0 atom stereocenters. The summed E-state index contributed by atoms with van der Waals surface area (Å²) in [4.78, 5) is 5.00. The van der Waals surface area contributed by atoms with Gasteiger partial charge < -0.3 is 5.32 Å². The number of amidine groups is 1. The Labute approximate surface area is 127 Å². The van der Waals surface area contributed by atoms with Crippen LogP contribution in [-0.4, -0.2) is 16.5 Å². The molecule has 0 radical (unpaired) electrons. The zero-order valence-corrected chi connectivity index (χ0v) is 13.6. The minimum Gasteiger partial charge on any atom is -0.334 e. The minimum absolute atomic E-state index is 0.223. The van der Waals surface area contributed by atoms with Crippen molar-refractivity contribution in [2.24, 2.45) is 10.9 Å². The SMILES string of the molecule is CC1CCC2(CC1)CSC(Nc1ccccc1Br)=N2. The van der Waals surface area contributed by atoms with Gasteiger partial charge in [-0.2, -0.15) is 0 Å². The predicted molar refractivity (Wildman–Crippen MR) is 88.0 cm³/mol. The van der Waals surface area contributed by atoms with Gasteiger partial charge in [0.15, 0.2) is 5.17 Å². The molecule has 1 spiro atoms. The number of nitrogens with one attached hydrogen (secondary N) is 1. The molecule has 1 N–H and O–H groups in total. The van der Waals surface area contributed by atoms with Crippen molar-refractivity contribution in [1.29, 1.82) is 0 Å². The Hall–Kier alpha value is -0.480. The number of rotatable bonds is 1. The fraction of sp³-hybridized carbons (Fsp3) is 0.533. The summed E-state index contributed by atoms with van der Waals surface area (Å²) < 4.78 is 1.09. The summed E-state index contributed by atoms with van der Waals surface area (Å²) in [6, 6.07) is 8.22. The maximum Gasteiger partial charge on any atom is 0.161 e. The van der Waals surface area contributed by atoms with Crippen molar-refractivity contribution in [3.8, 4) is 0 Å². The second-order valence-electron chi connectivity index (χ2n) is 5.72. The van der Waals surface area contributed by atoms with E-state index in [1.54, 1.807) is 0 Å². The number of hydrogen-bond donors (Lipinski definition) is 1. The highest BCUT2D eigenvalue weighted by molar-refractivity contribution is 9.10. The van der Waals surface area contributed by atoms with E-state index in [-0.39, 0.29) is 5.54 Å². The highest BCUT2D eigenvalue weighted by atomic mass is 79.9. The van der Waals surface area contributed by atoms with Gasteiger partial charge in [0.2, 0.25) is 0 Å². The lowest BCUT2D eigenvalue weighted by molar-refractivity contribution is 0.273. The van der Waals surface area contributed by atoms with Crippen LogP contribution in [0.25, 0.3) is 0 Å². The average molecular weight is 339 g/mol. The van der Waals surface area contributed by atoms with E-state index in [0.29, 0.717) is 0 Å². The van der Waals surface area contributed by atoms with E-state index < -0.39 is 0 Å². The molecule has 1 saturated carbocycles. The van der Waals surface area contributed by atoms with E-state index in [2.05, 4.69) is 40.3 Å². The van der Waals surface area contributed by atoms with Crippen molar-refractivity contribution in [2.75, 3.05) is 11.1 Å². The molecule has 4 heteroatoms. The van der Waals surface area contributed by atoms with Crippen LogP contribution in [0.5, 0.6) is 0 Å². The number of aliphatic imine (C=N–C) groups is 1. The van der Waals surface area contributed by atoms with E-state index in [9.17, 15) is 0 Å². The minimum atomic E-state index is 0.223. The van der Waals surface area contributed by atoms with Crippen LogP contribution in [0.3, 0.4) is 0 Å². The lowest BCUT2D eigenvalue weighted by Crippen LogP contribution is -2.32. The Kier molecular flexibility index (Phi) is 3.90. The maximum atomic E-state index is 5.00. The Balaban J connectivity index is 1.72. The second kappa shape index (κ2) is 5.49. The summed E-state index contributed by atoms with van der Waals surface area (Å²) in [6.45, 7) is 2.36. The predicted octanol–water partition coefficient (Wildman–Crippen LogP) is 4.91. The van der Waals surface area contributed by atoms with Crippen LogP contribution in [0.2, 0.25) is 0 Å². The lowest BCUT2D eigenvalue weighted by atomic mass is 9.79. The molecule has 2 nitrogen and oxygen atoms in total. The van der Waals surface area contributed by atoms with E-state index >= 15 is 0 Å². The molecule has 1 aliphatic heterocycles. The highest BCUT2D eigenvalue weighted by Gasteiger charge is 2.38. The van der Waals surface area contributed by atoms with Gasteiger partial charge in [0.1, 0.15) is 0 Å². The largest absolute Gasteiger partial charge is 0.334 e. The highest BCUT2D eigenvalue weighted by Crippen LogP contribution is 2.41. The van der Waals surface area contributed by atoms with E-state index in [1.165, 1.54) is 25.7 Å². The van der Waals surface area contributed by atoms with Crippen LogP contribution in [0.1, 0.15) is 32.6 Å². The van der Waals surface area contributed by atoms with E-state index in [1.807, 2.05) is 23.9 Å². The molecule has 1 heterocycles. The average Bonchev–Trinajstić information content (AvgIpc) is 2.80. The Morgan fingerprint density at radius 1 is 1.32 bits per heavy atom. The molecule has 0 bridgehead atoms. The summed E-state index contributed by atoms with van der Waals surface area (Å²) in [5.74, 6) is 2.03. The molecule has 0 amide bonds. The number of hydrogen-bond acceptors (Lipinski definition) is 3. The van der Waals surface area contributed by atoms with Gasteiger partial charge in [-0.1, -0.05) is 30.8 Å². The third-order valence-corrected chi connectivity index (χ3v) is 5.98. The Morgan fingerprint density at radius 2 is 2.05 bits per heavy atom. The van der Waals surface area contributed by atoms with Gasteiger partial charge >= 0.3 is 0 Å². The fourth-order valence-electron chi connectivity index (χ4n) is 2.78. The topological polar surface area (TPSA) is 24.4 Å². The number of halogens is 1. The van der Waals surface area contributed by atoms with Crippen LogP contribution in [0, 0.1) is 5.92 Å². The molecule has 0 saturated heterocycles. The molecule has 0 aromatic heterocycles. The van der Waals surface area contributed by atoms with Crippen LogP contribution in [0.15, 0.2) is 33.7 Å². The van der Waals surface area contributed by atoms with Crippen molar-refractivity contribution in [3.63, 3.8) is 0 Å². The van der Waals surface area contributed by atoms with Crippen LogP contribution >= 0.6 is 27.7 Å². The van der Waals surface area contributed by atoms with Gasteiger partial charge in [-0.3, -0.25) is 4.99 Å². The first-order valence-electron chi connectivity index (χ1n) is 6.91. The summed E-state index contributed by atoms with van der Waals surface area (Å²) in [7, 11) is 0. The van der Waals surface area contributed by atoms with Gasteiger partial charge in [-0.25, -0.2) is 0 Å². The first-order valence-corrected chi connectivity index (χ1v) is 8.69. The molecular formula is C15H19BrN2S. The van der Waals surface area contributed by atoms with Crippen molar-refractivity contribution < 1.29 is 0 Å². The molecule has 102 valence electrons. The number of para-hydroxylation sites is 1. The number of anilines is 1. The smallest absolute Gasteiger partial charge is 0.161 e. The normalized spacial score (nSPS) is 30.4. The number of thioether (sulfide) groups is 1. The molecule has 3 rings (SSSR count). The molecule has 2 aliphatic rings. The third-order valence-electron chi connectivity index (χ3n) is 4.14. The quantitative estimate of drug-likeness (QED) is 0.786. The third kappa shape index (κ3) is 3.00. The second-order valence-corrected chi connectivity index (χ2v) is 7.54. The van der Waals surface area contributed by atoms with Crippen molar-refractivity contribution in [3.05, 3.63) is 28.7 Å². The van der Waals surface area contributed by atoms with Crippen LogP contribution in [-0.2, 0) is 0 Å². The van der Waals surface area contributed by atoms with Crippen LogP contribution < -0.4 is 5.32 Å². The summed E-state index contributed by atoms with van der Waals surface area (Å²) >= 11 is 5.44. The van der Waals surface area contributed by atoms with Gasteiger partial charge in [0.05, 0.1) is 11.2 Å². The Bertz CT molecular complexity index is 493. The van der Waals surface area contributed by atoms with Crippen molar-refractivity contribution in [2.45, 2.75) is 38.1 Å². The fourth-order valence-corrected chi connectivity index (χ4v) is 4.36. The molecular weight excluding hydrogens is 320 g/mol. The zero-order valence-electron chi connectivity index (χ0n) is 11.2. The molecule has 0 unspecified atom stereocenters. The molecule has 19 heavy (non-hydrogen) atoms. The summed E-state index contributed by atoms with van der Waals surface area (Å²) in [5, 5.41) is 4.54. The van der Waals surface area contributed by atoms with Crippen LogP contribution in [0.4, 0.5) is 5.69 Å². The maximum absolute atomic E-state index is 5.00. The van der Waals surface area contributed by atoms with Gasteiger partial charge in [-0.05, 0) is 59.7 Å². The molecule has 1 aromatic rings. The van der Waals surface area contributed by atoms with Crippen molar-refractivity contribution in [1.82, 2.24) is 0 Å². The van der Waals surface area contributed by atoms with Gasteiger partial charge in [0.25, 0.3) is 0 Å². The standard InChI is InChI=1S/C15H19BrN2S/c1-11-6-8-15(9-7-11)10-19-14(18-15)17-13-5-3-2-4-12(13)16/h2-5,11H,6-10H2,1H3,(H,17,18). The number of nitrogens with zero attached hydrogens (tertiary/aromatic N) is 1. The first kappa shape index (κ1) is 13.5. The van der Waals surface area contributed by atoms with E-state index in [4.69, 9.17) is 4.99 Å². The lowest BCUT2D eigenvalue weighted by Gasteiger charge is -2.32. The Morgan fingerprint density at radius 3 is 2.79 bits per heavy atom. The monoisotopic (exact) mass is 338 g/mol. The molecule has 1 fully saturated rings. The first-order chi connectivity index (χ1) is 9.17. The number of benzene rings is 1. The van der Waals surface area contributed by atoms with Gasteiger partial charge in [-0.15, -0.1) is 0 Å². The van der Waals surface area contributed by atoms with Gasteiger partial charge in [0, 0.05) is 10.2 Å². The summed E-state index contributed by atoms with van der Waals surface area (Å²) in [6.07, 6.45) is 5.16.